The van der Waals surface area contributed by atoms with Crippen LogP contribution in [0.2, 0.25) is 0 Å². The Kier molecular flexibility index (Phi) is 12.7. The number of amides is 1. The smallest absolute Gasteiger partial charge is 0.232 e. The van der Waals surface area contributed by atoms with Crippen molar-refractivity contribution >= 4 is 11.9 Å². The Morgan fingerprint density at radius 1 is 0.786 bits per heavy atom. The van der Waals surface area contributed by atoms with Crippen LogP contribution in [0, 0.1) is 11.8 Å². The zero-order valence-electron chi connectivity index (χ0n) is 18.9. The highest BCUT2D eigenvalue weighted by molar-refractivity contribution is 5.88. The van der Waals surface area contributed by atoms with Gasteiger partial charge in [-0.25, -0.2) is 4.98 Å². The number of hydrogen-bond donors (Lipinski definition) is 1. The molecular weight excluding hydrogens is 348 g/mol. The molecule has 2 unspecified atom stereocenters. The van der Waals surface area contributed by atoms with Crippen LogP contribution in [-0.2, 0) is 17.6 Å². The second-order valence-electron chi connectivity index (χ2n) is 8.03. The third-order valence-corrected chi connectivity index (χ3v) is 5.49. The second-order valence-corrected chi connectivity index (χ2v) is 8.03. The first kappa shape index (κ1) is 24.5. The number of nitrogens with one attached hydrogen (secondary N) is 1. The van der Waals surface area contributed by atoms with Gasteiger partial charge in [-0.05, 0) is 18.3 Å². The van der Waals surface area contributed by atoms with Crippen LogP contribution in [0.5, 0.6) is 0 Å². The summed E-state index contributed by atoms with van der Waals surface area (Å²) in [7, 11) is 0. The van der Waals surface area contributed by atoms with Crippen molar-refractivity contribution in [3.63, 3.8) is 0 Å². The van der Waals surface area contributed by atoms with Crippen molar-refractivity contribution in [2.45, 2.75) is 112 Å². The van der Waals surface area contributed by atoms with Crippen molar-refractivity contribution in [3.8, 4) is 0 Å². The Hall–Kier alpha value is -1.52. The Bertz CT molecular complexity index is 525. The van der Waals surface area contributed by atoms with Gasteiger partial charge in [-0.15, -0.1) is 0 Å². The van der Waals surface area contributed by atoms with Gasteiger partial charge in [0.1, 0.15) is 11.6 Å². The number of carbonyl (C=O) groups excluding carboxylic acids is 1. The highest BCUT2D eigenvalue weighted by Gasteiger charge is 2.16. The standard InChI is InChI=1S/C23H42N4O/c1-6-11-14-18(9-4)16-20-24-21(17-19(10-5)15-12-7-2)26-23(25-20)27-22(28)13-8-3/h18-19H,6-17H2,1-5H3,(H,24,25,26,27,28). The second kappa shape index (κ2) is 14.5. The Balaban J connectivity index is 2.99. The van der Waals surface area contributed by atoms with Gasteiger partial charge in [-0.1, -0.05) is 86.0 Å². The zero-order valence-corrected chi connectivity index (χ0v) is 18.9. The first-order valence-corrected chi connectivity index (χ1v) is 11.6. The summed E-state index contributed by atoms with van der Waals surface area (Å²) in [6.07, 6.45) is 12.6. The molecule has 5 nitrogen and oxygen atoms in total. The number of rotatable bonds is 15. The minimum absolute atomic E-state index is 0.0124. The van der Waals surface area contributed by atoms with E-state index in [0.717, 1.165) is 43.8 Å². The topological polar surface area (TPSA) is 67.8 Å². The molecule has 0 aliphatic carbocycles. The fraction of sp³-hybridized carbons (Fsp3) is 0.826. The summed E-state index contributed by atoms with van der Waals surface area (Å²) in [5.74, 6) is 3.29. The van der Waals surface area contributed by atoms with Crippen LogP contribution in [0.15, 0.2) is 0 Å². The van der Waals surface area contributed by atoms with Crippen LogP contribution in [0.3, 0.4) is 0 Å². The number of aromatic nitrogens is 3. The summed E-state index contributed by atoms with van der Waals surface area (Å²) in [4.78, 5) is 26.1. The van der Waals surface area contributed by atoms with E-state index in [1.165, 1.54) is 38.5 Å². The molecule has 0 aliphatic heterocycles. The summed E-state index contributed by atoms with van der Waals surface area (Å²) >= 11 is 0. The molecular formula is C23H42N4O. The summed E-state index contributed by atoms with van der Waals surface area (Å²) in [6.45, 7) is 10.9. The molecule has 5 heteroatoms. The maximum atomic E-state index is 12.1. The van der Waals surface area contributed by atoms with Gasteiger partial charge in [0, 0.05) is 19.3 Å². The van der Waals surface area contributed by atoms with Gasteiger partial charge in [-0.3, -0.25) is 10.1 Å². The first-order chi connectivity index (χ1) is 13.6. The number of hydrogen-bond acceptors (Lipinski definition) is 4. The van der Waals surface area contributed by atoms with Crippen LogP contribution in [-0.4, -0.2) is 20.9 Å². The third kappa shape index (κ3) is 9.61. The molecule has 0 saturated heterocycles. The van der Waals surface area contributed by atoms with Gasteiger partial charge in [-0.2, -0.15) is 9.97 Å². The minimum atomic E-state index is -0.0124. The van der Waals surface area contributed by atoms with E-state index in [9.17, 15) is 4.79 Å². The van der Waals surface area contributed by atoms with Crippen molar-refractivity contribution in [2.24, 2.45) is 11.8 Å². The van der Waals surface area contributed by atoms with E-state index in [1.807, 2.05) is 6.92 Å². The van der Waals surface area contributed by atoms with Gasteiger partial charge >= 0.3 is 0 Å². The van der Waals surface area contributed by atoms with Gasteiger partial charge in [0.15, 0.2) is 0 Å². The molecule has 28 heavy (non-hydrogen) atoms. The van der Waals surface area contributed by atoms with Gasteiger partial charge in [0.05, 0.1) is 0 Å². The van der Waals surface area contributed by atoms with Crippen LogP contribution in [0.4, 0.5) is 5.95 Å². The number of carbonyl (C=O) groups is 1. The first-order valence-electron chi connectivity index (χ1n) is 11.6. The van der Waals surface area contributed by atoms with Gasteiger partial charge < -0.3 is 0 Å². The van der Waals surface area contributed by atoms with Crippen molar-refractivity contribution in [1.82, 2.24) is 15.0 Å². The van der Waals surface area contributed by atoms with E-state index in [2.05, 4.69) is 43.0 Å². The fourth-order valence-electron chi connectivity index (χ4n) is 3.52. The largest absolute Gasteiger partial charge is 0.294 e. The quantitative estimate of drug-likeness (QED) is 0.391. The molecule has 0 radical (unpaired) electrons. The van der Waals surface area contributed by atoms with Crippen molar-refractivity contribution in [1.29, 1.82) is 0 Å². The van der Waals surface area contributed by atoms with Gasteiger partial charge in [0.25, 0.3) is 0 Å². The summed E-state index contributed by atoms with van der Waals surface area (Å²) in [5, 5.41) is 2.89. The fourth-order valence-corrected chi connectivity index (χ4v) is 3.52. The van der Waals surface area contributed by atoms with Crippen LogP contribution < -0.4 is 5.32 Å². The van der Waals surface area contributed by atoms with Crippen molar-refractivity contribution < 1.29 is 4.79 Å². The maximum Gasteiger partial charge on any atom is 0.232 e. The lowest BCUT2D eigenvalue weighted by atomic mass is 9.94. The van der Waals surface area contributed by atoms with Crippen molar-refractivity contribution in [3.05, 3.63) is 11.6 Å². The molecule has 0 spiro atoms. The predicted octanol–water partition coefficient (Wildman–Crippen LogP) is 6.13. The lowest BCUT2D eigenvalue weighted by molar-refractivity contribution is -0.116. The number of nitrogens with zero attached hydrogens (tertiary/aromatic N) is 3. The summed E-state index contributed by atoms with van der Waals surface area (Å²) in [6, 6.07) is 0. The lowest BCUT2D eigenvalue weighted by Gasteiger charge is -2.17. The molecule has 1 N–H and O–H groups in total. The molecule has 1 aromatic heterocycles. The minimum Gasteiger partial charge on any atom is -0.294 e. The van der Waals surface area contributed by atoms with Crippen LogP contribution in [0.25, 0.3) is 0 Å². The molecule has 1 rings (SSSR count). The lowest BCUT2D eigenvalue weighted by Crippen LogP contribution is -2.18. The molecule has 1 amide bonds. The van der Waals surface area contributed by atoms with Crippen LogP contribution >= 0.6 is 0 Å². The normalized spacial score (nSPS) is 13.3. The molecule has 1 aromatic rings. The Labute approximate surface area is 172 Å². The van der Waals surface area contributed by atoms with E-state index in [1.54, 1.807) is 0 Å². The molecule has 1 heterocycles. The highest BCUT2D eigenvalue weighted by atomic mass is 16.1. The molecule has 0 bridgehead atoms. The molecule has 0 aromatic carbocycles. The van der Waals surface area contributed by atoms with E-state index in [4.69, 9.17) is 4.98 Å². The summed E-state index contributed by atoms with van der Waals surface area (Å²) in [5.41, 5.74) is 0. The van der Waals surface area contributed by atoms with Crippen molar-refractivity contribution in [2.75, 3.05) is 5.32 Å². The highest BCUT2D eigenvalue weighted by Crippen LogP contribution is 2.20. The Morgan fingerprint density at radius 2 is 1.29 bits per heavy atom. The Morgan fingerprint density at radius 3 is 1.68 bits per heavy atom. The van der Waals surface area contributed by atoms with E-state index in [0.29, 0.717) is 24.2 Å². The third-order valence-electron chi connectivity index (χ3n) is 5.49. The van der Waals surface area contributed by atoms with E-state index in [-0.39, 0.29) is 5.91 Å². The number of anilines is 1. The SMILES string of the molecule is CCCCC(CC)Cc1nc(CC(CC)CCCC)nc(NC(=O)CCC)n1. The predicted molar refractivity (Wildman–Crippen MR) is 117 cm³/mol. The molecule has 2 atom stereocenters. The number of unbranched alkanes of at least 4 members (excludes halogenated alkanes) is 2. The monoisotopic (exact) mass is 390 g/mol. The zero-order chi connectivity index (χ0) is 20.8. The molecule has 160 valence electrons. The van der Waals surface area contributed by atoms with Gasteiger partial charge in [0.2, 0.25) is 11.9 Å². The molecule has 0 aliphatic rings. The molecule has 0 fully saturated rings. The van der Waals surface area contributed by atoms with E-state index >= 15 is 0 Å². The average Bonchev–Trinajstić information content (AvgIpc) is 2.68. The summed E-state index contributed by atoms with van der Waals surface area (Å²) < 4.78 is 0. The molecule has 0 saturated carbocycles. The average molecular weight is 391 g/mol. The maximum absolute atomic E-state index is 12.1. The van der Waals surface area contributed by atoms with Crippen LogP contribution in [0.1, 0.15) is 110 Å². The van der Waals surface area contributed by atoms with E-state index < -0.39 is 0 Å².